The maximum atomic E-state index is 13.4. The Morgan fingerprint density at radius 1 is 1.33 bits per heavy atom. The Morgan fingerprint density at radius 2 is 2.10 bits per heavy atom. The summed E-state index contributed by atoms with van der Waals surface area (Å²) in [7, 11) is 0. The van der Waals surface area contributed by atoms with Gasteiger partial charge in [-0.2, -0.15) is 0 Å². The predicted octanol–water partition coefficient (Wildman–Crippen LogP) is 3.35. The quantitative estimate of drug-likeness (QED) is 0.872. The normalized spacial score (nSPS) is 22.4. The first kappa shape index (κ1) is 16.4. The summed E-state index contributed by atoms with van der Waals surface area (Å²) in [5.74, 6) is -0.244. The summed E-state index contributed by atoms with van der Waals surface area (Å²) >= 11 is 0. The molecule has 1 aromatic rings. The van der Waals surface area contributed by atoms with E-state index in [-0.39, 0.29) is 11.4 Å². The summed E-state index contributed by atoms with van der Waals surface area (Å²) in [6.07, 6.45) is 7.66. The third kappa shape index (κ3) is 4.01. The molecule has 3 nitrogen and oxygen atoms in total. The second kappa shape index (κ2) is 7.32. The van der Waals surface area contributed by atoms with Crippen LogP contribution in [0.5, 0.6) is 0 Å². The number of piperazine rings is 1. The summed E-state index contributed by atoms with van der Waals surface area (Å²) in [5, 5.41) is 3.76. The maximum Gasteiger partial charge on any atom is 0.141 e. The molecule has 1 atom stereocenters. The molecule has 21 heavy (non-hydrogen) atoms. The van der Waals surface area contributed by atoms with E-state index in [0.717, 1.165) is 38.0 Å². The highest BCUT2D eigenvalue weighted by atomic mass is 19.1. The summed E-state index contributed by atoms with van der Waals surface area (Å²) < 4.78 is 13.4. The van der Waals surface area contributed by atoms with E-state index >= 15 is 0 Å². The molecule has 0 saturated carbocycles. The Balaban J connectivity index is 2.13. The number of halogens is 1. The van der Waals surface area contributed by atoms with Crippen molar-refractivity contribution in [3.63, 3.8) is 0 Å². The van der Waals surface area contributed by atoms with Gasteiger partial charge in [-0.25, -0.2) is 4.39 Å². The Morgan fingerprint density at radius 3 is 2.71 bits per heavy atom. The van der Waals surface area contributed by atoms with Crippen molar-refractivity contribution in [1.29, 1.82) is 0 Å². The molecular weight excluding hydrogens is 265 g/mol. The lowest BCUT2D eigenvalue weighted by Crippen LogP contribution is -2.63. The average molecular weight is 293 g/mol. The van der Waals surface area contributed by atoms with Gasteiger partial charge in [0.15, 0.2) is 0 Å². The lowest BCUT2D eigenvalue weighted by atomic mass is 9.87. The van der Waals surface area contributed by atoms with Crippen molar-refractivity contribution in [1.82, 2.24) is 15.2 Å². The van der Waals surface area contributed by atoms with E-state index in [1.165, 1.54) is 19.0 Å². The molecule has 2 rings (SSSR count). The fraction of sp³-hybridized carbons (Fsp3) is 0.706. The summed E-state index contributed by atoms with van der Waals surface area (Å²) in [6.45, 7) is 9.57. The Hall–Kier alpha value is -1.00. The van der Waals surface area contributed by atoms with Gasteiger partial charge >= 0.3 is 0 Å². The molecule has 118 valence electrons. The lowest BCUT2D eigenvalue weighted by Gasteiger charge is -2.47. The van der Waals surface area contributed by atoms with Crippen LogP contribution in [0.2, 0.25) is 0 Å². The number of rotatable bonds is 6. The first-order valence-electron chi connectivity index (χ1n) is 8.21. The Labute approximate surface area is 127 Å². The van der Waals surface area contributed by atoms with Gasteiger partial charge in [-0.1, -0.05) is 27.2 Å². The zero-order valence-corrected chi connectivity index (χ0v) is 13.5. The average Bonchev–Trinajstić information content (AvgIpc) is 2.49. The van der Waals surface area contributed by atoms with Crippen LogP contribution in [0.1, 0.15) is 52.0 Å². The van der Waals surface area contributed by atoms with E-state index in [4.69, 9.17) is 0 Å². The molecule has 1 aliphatic heterocycles. The fourth-order valence-electron chi connectivity index (χ4n) is 3.34. The van der Waals surface area contributed by atoms with Crippen molar-refractivity contribution < 1.29 is 4.39 Å². The molecule has 0 amide bonds. The first-order chi connectivity index (χ1) is 10.1. The minimum atomic E-state index is -0.244. The largest absolute Gasteiger partial charge is 0.308 e. The molecule has 1 unspecified atom stereocenters. The minimum absolute atomic E-state index is 0.199. The van der Waals surface area contributed by atoms with Crippen LogP contribution in [0.15, 0.2) is 18.5 Å². The smallest absolute Gasteiger partial charge is 0.141 e. The van der Waals surface area contributed by atoms with E-state index in [0.29, 0.717) is 6.04 Å². The highest BCUT2D eigenvalue weighted by Gasteiger charge is 2.36. The van der Waals surface area contributed by atoms with Crippen LogP contribution in [0.4, 0.5) is 4.39 Å². The maximum absolute atomic E-state index is 13.4. The molecule has 0 spiro atoms. The van der Waals surface area contributed by atoms with Crippen LogP contribution in [0.25, 0.3) is 0 Å². The second-order valence-corrected chi connectivity index (χ2v) is 6.23. The summed E-state index contributed by atoms with van der Waals surface area (Å²) in [5.41, 5.74) is 1.17. The van der Waals surface area contributed by atoms with Crippen LogP contribution in [-0.2, 0) is 6.54 Å². The van der Waals surface area contributed by atoms with E-state index in [9.17, 15) is 4.39 Å². The fourth-order valence-corrected chi connectivity index (χ4v) is 3.34. The number of hydrogen-bond donors (Lipinski definition) is 1. The molecule has 1 aromatic heterocycles. The van der Waals surface area contributed by atoms with Gasteiger partial charge in [-0.05, 0) is 30.9 Å². The predicted molar refractivity (Wildman–Crippen MR) is 84.6 cm³/mol. The van der Waals surface area contributed by atoms with Crippen LogP contribution < -0.4 is 5.32 Å². The van der Waals surface area contributed by atoms with Gasteiger partial charge in [-0.15, -0.1) is 0 Å². The van der Waals surface area contributed by atoms with Gasteiger partial charge in [0.25, 0.3) is 0 Å². The van der Waals surface area contributed by atoms with E-state index in [2.05, 4.69) is 36.0 Å². The number of aromatic nitrogens is 1. The molecule has 1 fully saturated rings. The highest BCUT2D eigenvalue weighted by Crippen LogP contribution is 2.25. The van der Waals surface area contributed by atoms with Crippen molar-refractivity contribution in [2.75, 3.05) is 13.1 Å². The van der Waals surface area contributed by atoms with Crippen LogP contribution in [0.3, 0.4) is 0 Å². The van der Waals surface area contributed by atoms with Crippen LogP contribution in [-0.4, -0.2) is 34.6 Å². The molecule has 2 heterocycles. The minimum Gasteiger partial charge on any atom is -0.308 e. The van der Waals surface area contributed by atoms with Crippen LogP contribution in [0, 0.1) is 5.82 Å². The van der Waals surface area contributed by atoms with E-state index in [1.807, 2.05) is 0 Å². The van der Waals surface area contributed by atoms with Gasteiger partial charge in [0, 0.05) is 37.4 Å². The van der Waals surface area contributed by atoms with Gasteiger partial charge < -0.3 is 5.32 Å². The second-order valence-electron chi connectivity index (χ2n) is 6.23. The molecule has 0 bridgehead atoms. The topological polar surface area (TPSA) is 28.2 Å². The molecule has 1 aliphatic rings. The first-order valence-corrected chi connectivity index (χ1v) is 8.21. The van der Waals surface area contributed by atoms with Crippen LogP contribution >= 0.6 is 0 Å². The molecule has 1 N–H and O–H groups in total. The van der Waals surface area contributed by atoms with Crippen molar-refractivity contribution in [3.8, 4) is 0 Å². The third-order valence-electron chi connectivity index (χ3n) is 4.86. The van der Waals surface area contributed by atoms with E-state index in [1.54, 1.807) is 12.3 Å². The monoisotopic (exact) mass is 293 g/mol. The molecule has 1 saturated heterocycles. The SMILES string of the molecule is CCCC1CNC(CC)(CC)CN1Cc1cncc(F)c1. The highest BCUT2D eigenvalue weighted by molar-refractivity contribution is 5.11. The molecule has 0 radical (unpaired) electrons. The van der Waals surface area contributed by atoms with Crippen molar-refractivity contribution in [2.24, 2.45) is 0 Å². The third-order valence-corrected chi connectivity index (χ3v) is 4.86. The lowest BCUT2D eigenvalue weighted by molar-refractivity contribution is 0.0615. The van der Waals surface area contributed by atoms with Gasteiger partial charge in [-0.3, -0.25) is 9.88 Å². The number of pyridine rings is 1. The van der Waals surface area contributed by atoms with Crippen molar-refractivity contribution >= 4 is 0 Å². The van der Waals surface area contributed by atoms with Crippen molar-refractivity contribution in [2.45, 2.75) is 64.6 Å². The molecular formula is C17H28FN3. The van der Waals surface area contributed by atoms with Gasteiger partial charge in [0.2, 0.25) is 0 Å². The zero-order chi connectivity index (χ0) is 15.3. The number of hydrogen-bond acceptors (Lipinski definition) is 3. The van der Waals surface area contributed by atoms with Gasteiger partial charge in [0.05, 0.1) is 6.20 Å². The number of nitrogens with zero attached hydrogens (tertiary/aromatic N) is 2. The Kier molecular flexibility index (Phi) is 5.71. The molecule has 4 heteroatoms. The van der Waals surface area contributed by atoms with Gasteiger partial charge in [0.1, 0.15) is 5.82 Å². The molecule has 0 aliphatic carbocycles. The number of nitrogens with one attached hydrogen (secondary N) is 1. The van der Waals surface area contributed by atoms with Crippen molar-refractivity contribution in [3.05, 3.63) is 29.8 Å². The summed E-state index contributed by atoms with van der Waals surface area (Å²) in [4.78, 5) is 6.50. The molecule has 0 aromatic carbocycles. The Bertz CT molecular complexity index is 445. The van der Waals surface area contributed by atoms with E-state index < -0.39 is 0 Å². The standard InChI is InChI=1S/C17H28FN3/c1-4-7-16-11-20-17(5-2,6-3)13-21(16)12-14-8-15(18)10-19-9-14/h8-10,16,20H,4-7,11-13H2,1-3H3. The summed E-state index contributed by atoms with van der Waals surface area (Å²) in [6, 6.07) is 2.14. The zero-order valence-electron chi connectivity index (χ0n) is 13.5.